The number of halogens is 1. The van der Waals surface area contributed by atoms with E-state index in [1.54, 1.807) is 11.3 Å². The highest BCUT2D eigenvalue weighted by Crippen LogP contribution is 2.23. The minimum absolute atomic E-state index is 0.250. The van der Waals surface area contributed by atoms with Crippen molar-refractivity contribution in [1.82, 2.24) is 0 Å². The van der Waals surface area contributed by atoms with Crippen molar-refractivity contribution in [2.45, 2.75) is 32.4 Å². The van der Waals surface area contributed by atoms with Crippen LogP contribution in [0.15, 0.2) is 36.4 Å². The number of hydrogen-bond donors (Lipinski definition) is 1. The van der Waals surface area contributed by atoms with Crippen LogP contribution in [0, 0.1) is 0 Å². The first-order valence-electron chi connectivity index (χ1n) is 6.35. The lowest BCUT2D eigenvalue weighted by Gasteiger charge is -2.07. The number of benzene rings is 1. The molecule has 0 amide bonds. The lowest BCUT2D eigenvalue weighted by atomic mass is 10.1. The zero-order chi connectivity index (χ0) is 13.7. The van der Waals surface area contributed by atoms with E-state index in [1.807, 2.05) is 31.2 Å². The quantitative estimate of drug-likeness (QED) is 0.864. The molecule has 19 heavy (non-hydrogen) atoms. The van der Waals surface area contributed by atoms with Gasteiger partial charge in [-0.2, -0.15) is 0 Å². The van der Waals surface area contributed by atoms with Gasteiger partial charge in [-0.05, 0) is 49.6 Å². The van der Waals surface area contributed by atoms with E-state index in [4.69, 9.17) is 22.1 Å². The molecule has 0 fully saturated rings. The molecule has 2 aromatic rings. The Morgan fingerprint density at radius 3 is 2.53 bits per heavy atom. The van der Waals surface area contributed by atoms with Gasteiger partial charge in [0.2, 0.25) is 0 Å². The van der Waals surface area contributed by atoms with Crippen LogP contribution in [0.3, 0.4) is 0 Å². The van der Waals surface area contributed by atoms with Gasteiger partial charge in [0.15, 0.2) is 0 Å². The first-order chi connectivity index (χ1) is 9.13. The molecule has 1 heterocycles. The minimum Gasteiger partial charge on any atom is -0.488 e. The van der Waals surface area contributed by atoms with E-state index in [0.717, 1.165) is 27.8 Å². The molecule has 0 aliphatic rings. The molecule has 4 heteroatoms. The molecule has 2 N–H and O–H groups in total. The summed E-state index contributed by atoms with van der Waals surface area (Å²) in [5, 5.41) is 0. The molecular weight excluding hydrogens is 278 g/mol. The molecule has 0 spiro atoms. The summed E-state index contributed by atoms with van der Waals surface area (Å²) in [7, 11) is 0. The van der Waals surface area contributed by atoms with Crippen molar-refractivity contribution in [2.75, 3.05) is 0 Å². The van der Waals surface area contributed by atoms with Gasteiger partial charge in [-0.3, -0.25) is 0 Å². The van der Waals surface area contributed by atoms with E-state index in [-0.39, 0.29) is 6.04 Å². The second-order valence-corrected chi connectivity index (χ2v) is 6.45. The van der Waals surface area contributed by atoms with E-state index < -0.39 is 0 Å². The average molecular weight is 296 g/mol. The van der Waals surface area contributed by atoms with E-state index in [1.165, 1.54) is 5.56 Å². The molecule has 102 valence electrons. The van der Waals surface area contributed by atoms with Gasteiger partial charge in [0.25, 0.3) is 0 Å². The van der Waals surface area contributed by atoms with Crippen LogP contribution in [0.1, 0.15) is 23.8 Å². The summed E-state index contributed by atoms with van der Waals surface area (Å²) in [6.45, 7) is 2.60. The van der Waals surface area contributed by atoms with Crippen molar-refractivity contribution in [2.24, 2.45) is 5.73 Å². The van der Waals surface area contributed by atoms with E-state index in [9.17, 15) is 0 Å². The SMILES string of the molecule is CC(N)CCc1ccc(OCc2ccc(Cl)s2)cc1. The fraction of sp³-hybridized carbons (Fsp3) is 0.333. The monoisotopic (exact) mass is 295 g/mol. The lowest BCUT2D eigenvalue weighted by Crippen LogP contribution is -2.15. The molecule has 1 aromatic heterocycles. The highest BCUT2D eigenvalue weighted by Gasteiger charge is 2.01. The first kappa shape index (κ1) is 14.4. The molecule has 0 aliphatic heterocycles. The Hall–Kier alpha value is -1.03. The van der Waals surface area contributed by atoms with Crippen LogP contribution in [0.5, 0.6) is 5.75 Å². The Bertz CT molecular complexity index is 507. The molecule has 1 atom stereocenters. The van der Waals surface area contributed by atoms with Gasteiger partial charge in [0.05, 0.1) is 4.34 Å². The summed E-state index contributed by atoms with van der Waals surface area (Å²) >= 11 is 7.42. The second-order valence-electron chi connectivity index (χ2n) is 4.65. The van der Waals surface area contributed by atoms with E-state index in [0.29, 0.717) is 6.61 Å². The molecule has 1 aromatic carbocycles. The van der Waals surface area contributed by atoms with Crippen LogP contribution in [-0.4, -0.2) is 6.04 Å². The second kappa shape index (κ2) is 6.94. The Morgan fingerprint density at radius 1 is 1.21 bits per heavy atom. The zero-order valence-corrected chi connectivity index (χ0v) is 12.5. The molecule has 0 saturated carbocycles. The normalized spacial score (nSPS) is 12.4. The zero-order valence-electron chi connectivity index (χ0n) is 10.9. The third-order valence-electron chi connectivity index (χ3n) is 2.82. The maximum atomic E-state index is 5.88. The first-order valence-corrected chi connectivity index (χ1v) is 7.54. The van der Waals surface area contributed by atoms with Crippen molar-refractivity contribution in [3.63, 3.8) is 0 Å². The Kier molecular flexibility index (Phi) is 5.25. The van der Waals surface area contributed by atoms with Crippen LogP contribution in [0.25, 0.3) is 0 Å². The highest BCUT2D eigenvalue weighted by molar-refractivity contribution is 7.16. The fourth-order valence-corrected chi connectivity index (χ4v) is 2.73. The molecule has 2 nitrogen and oxygen atoms in total. The number of rotatable bonds is 6. The highest BCUT2D eigenvalue weighted by atomic mass is 35.5. The Labute approximate surface area is 123 Å². The lowest BCUT2D eigenvalue weighted by molar-refractivity contribution is 0.309. The van der Waals surface area contributed by atoms with Gasteiger partial charge in [0.1, 0.15) is 12.4 Å². The van der Waals surface area contributed by atoms with Crippen LogP contribution in [-0.2, 0) is 13.0 Å². The van der Waals surface area contributed by atoms with Gasteiger partial charge in [-0.15, -0.1) is 11.3 Å². The molecule has 2 rings (SSSR count). The number of nitrogens with two attached hydrogens (primary N) is 1. The van der Waals surface area contributed by atoms with Gasteiger partial charge in [-0.25, -0.2) is 0 Å². The van der Waals surface area contributed by atoms with Crippen molar-refractivity contribution >= 4 is 22.9 Å². The minimum atomic E-state index is 0.250. The van der Waals surface area contributed by atoms with Crippen LogP contribution >= 0.6 is 22.9 Å². The predicted octanol–water partition coefficient (Wildman–Crippen LogP) is 4.26. The molecule has 0 aliphatic carbocycles. The van der Waals surface area contributed by atoms with Gasteiger partial charge in [0, 0.05) is 10.9 Å². The van der Waals surface area contributed by atoms with Crippen molar-refractivity contribution < 1.29 is 4.74 Å². The number of thiophene rings is 1. The number of aryl methyl sites for hydroxylation is 1. The topological polar surface area (TPSA) is 35.2 Å². The summed E-state index contributed by atoms with van der Waals surface area (Å²) in [4.78, 5) is 1.13. The summed E-state index contributed by atoms with van der Waals surface area (Å²) in [5.74, 6) is 0.883. The van der Waals surface area contributed by atoms with Crippen LogP contribution in [0.4, 0.5) is 0 Å². The van der Waals surface area contributed by atoms with Gasteiger partial charge < -0.3 is 10.5 Å². The maximum Gasteiger partial charge on any atom is 0.122 e. The smallest absolute Gasteiger partial charge is 0.122 e. The molecule has 0 saturated heterocycles. The summed E-state index contributed by atoms with van der Waals surface area (Å²) < 4.78 is 6.51. The van der Waals surface area contributed by atoms with E-state index in [2.05, 4.69) is 12.1 Å². The van der Waals surface area contributed by atoms with Crippen LogP contribution < -0.4 is 10.5 Å². The molecule has 0 bridgehead atoms. The number of ether oxygens (including phenoxy) is 1. The molecular formula is C15H18ClNOS. The fourth-order valence-electron chi connectivity index (χ4n) is 1.73. The third kappa shape index (κ3) is 4.86. The Balaban J connectivity index is 1.84. The van der Waals surface area contributed by atoms with Crippen LogP contribution in [0.2, 0.25) is 4.34 Å². The van der Waals surface area contributed by atoms with E-state index >= 15 is 0 Å². The largest absolute Gasteiger partial charge is 0.488 e. The number of hydrogen-bond acceptors (Lipinski definition) is 3. The summed E-state index contributed by atoms with van der Waals surface area (Å²) in [6, 6.07) is 12.3. The third-order valence-corrected chi connectivity index (χ3v) is 4.03. The maximum absolute atomic E-state index is 5.88. The molecule has 0 radical (unpaired) electrons. The predicted molar refractivity (Wildman–Crippen MR) is 82.1 cm³/mol. The summed E-state index contributed by atoms with van der Waals surface area (Å²) in [5.41, 5.74) is 7.05. The molecule has 1 unspecified atom stereocenters. The van der Waals surface area contributed by atoms with Gasteiger partial charge >= 0.3 is 0 Å². The standard InChI is InChI=1S/C15H18ClNOS/c1-11(17)2-3-12-4-6-13(7-5-12)18-10-14-8-9-15(16)19-14/h4-9,11H,2-3,10,17H2,1H3. The van der Waals surface area contributed by atoms with Crippen molar-refractivity contribution in [3.8, 4) is 5.75 Å². The van der Waals surface area contributed by atoms with Crippen molar-refractivity contribution in [1.29, 1.82) is 0 Å². The van der Waals surface area contributed by atoms with Gasteiger partial charge in [-0.1, -0.05) is 23.7 Å². The average Bonchev–Trinajstić information content (AvgIpc) is 2.81. The summed E-state index contributed by atoms with van der Waals surface area (Å²) in [6.07, 6.45) is 2.02. The Morgan fingerprint density at radius 2 is 1.95 bits per heavy atom. The van der Waals surface area contributed by atoms with Crippen molar-refractivity contribution in [3.05, 3.63) is 51.2 Å².